The third-order valence-electron chi connectivity index (χ3n) is 3.74. The van der Waals surface area contributed by atoms with Gasteiger partial charge in [-0.15, -0.1) is 0 Å². The fraction of sp³-hybridized carbons (Fsp3) is 0.500. The molecular formula is C16H21NO2. The van der Waals surface area contributed by atoms with Crippen LogP contribution in [0.15, 0.2) is 18.2 Å². The predicted molar refractivity (Wildman–Crippen MR) is 75.3 cm³/mol. The molecule has 1 aromatic rings. The number of nitrogens with zero attached hydrogens (tertiary/aromatic N) is 1. The summed E-state index contributed by atoms with van der Waals surface area (Å²) in [6.45, 7) is 0. The summed E-state index contributed by atoms with van der Waals surface area (Å²) in [5.41, 5.74) is 3.45. The van der Waals surface area contributed by atoms with Crippen LogP contribution in [0.4, 0.5) is 0 Å². The van der Waals surface area contributed by atoms with Gasteiger partial charge in [-0.2, -0.15) is 0 Å². The Morgan fingerprint density at radius 1 is 1.05 bits per heavy atom. The SMILES string of the molecule is CN(C)C(=O)CCC(=O)c1ccc2c(c1)CCCC2. The molecule has 0 aliphatic heterocycles. The van der Waals surface area contributed by atoms with Crippen molar-refractivity contribution in [2.24, 2.45) is 0 Å². The van der Waals surface area contributed by atoms with Gasteiger partial charge in [0.05, 0.1) is 0 Å². The van der Waals surface area contributed by atoms with Crippen molar-refractivity contribution >= 4 is 11.7 Å². The van der Waals surface area contributed by atoms with Crippen molar-refractivity contribution in [2.75, 3.05) is 14.1 Å². The fourth-order valence-electron chi connectivity index (χ4n) is 2.50. The van der Waals surface area contributed by atoms with Gasteiger partial charge in [0.1, 0.15) is 0 Å². The number of rotatable bonds is 4. The molecule has 1 amide bonds. The van der Waals surface area contributed by atoms with E-state index in [1.54, 1.807) is 14.1 Å². The van der Waals surface area contributed by atoms with Crippen LogP contribution in [0.25, 0.3) is 0 Å². The average Bonchev–Trinajstić information content (AvgIpc) is 2.43. The van der Waals surface area contributed by atoms with Crippen LogP contribution in [0.2, 0.25) is 0 Å². The van der Waals surface area contributed by atoms with Gasteiger partial charge in [-0.1, -0.05) is 12.1 Å². The van der Waals surface area contributed by atoms with Crippen molar-refractivity contribution in [3.05, 3.63) is 34.9 Å². The second-order valence-corrected chi connectivity index (χ2v) is 5.40. The van der Waals surface area contributed by atoms with Crippen molar-refractivity contribution in [1.29, 1.82) is 0 Å². The Morgan fingerprint density at radius 2 is 1.74 bits per heavy atom. The molecule has 0 unspecified atom stereocenters. The molecule has 1 aliphatic carbocycles. The molecule has 0 saturated carbocycles. The Morgan fingerprint density at radius 3 is 2.42 bits per heavy atom. The van der Waals surface area contributed by atoms with Gasteiger partial charge in [0.15, 0.2) is 5.78 Å². The van der Waals surface area contributed by atoms with Crippen molar-refractivity contribution in [2.45, 2.75) is 38.5 Å². The number of hydrogen-bond donors (Lipinski definition) is 0. The lowest BCUT2D eigenvalue weighted by Crippen LogP contribution is -2.22. The molecule has 0 radical (unpaired) electrons. The first-order valence-electron chi connectivity index (χ1n) is 6.93. The normalized spacial score (nSPS) is 13.8. The zero-order valence-electron chi connectivity index (χ0n) is 11.7. The van der Waals surface area contributed by atoms with E-state index in [1.807, 2.05) is 12.1 Å². The van der Waals surface area contributed by atoms with Gasteiger partial charge in [-0.05, 0) is 42.9 Å². The smallest absolute Gasteiger partial charge is 0.222 e. The summed E-state index contributed by atoms with van der Waals surface area (Å²) >= 11 is 0. The summed E-state index contributed by atoms with van der Waals surface area (Å²) in [5.74, 6) is 0.0786. The maximum Gasteiger partial charge on any atom is 0.222 e. The van der Waals surface area contributed by atoms with Crippen molar-refractivity contribution in [3.8, 4) is 0 Å². The van der Waals surface area contributed by atoms with Gasteiger partial charge in [0.25, 0.3) is 0 Å². The summed E-state index contributed by atoms with van der Waals surface area (Å²) in [6.07, 6.45) is 5.26. The molecule has 3 nitrogen and oxygen atoms in total. The standard InChI is InChI=1S/C16H21NO2/c1-17(2)16(19)10-9-15(18)14-8-7-12-5-3-4-6-13(12)11-14/h7-8,11H,3-6,9-10H2,1-2H3. The molecule has 19 heavy (non-hydrogen) atoms. The highest BCUT2D eigenvalue weighted by Crippen LogP contribution is 2.22. The van der Waals surface area contributed by atoms with E-state index in [2.05, 4.69) is 6.07 Å². The number of Topliss-reactive ketones (excluding diaryl/α,β-unsaturated/α-hetero) is 1. The lowest BCUT2D eigenvalue weighted by atomic mass is 9.89. The first-order chi connectivity index (χ1) is 9.08. The predicted octanol–water partition coefficient (Wildman–Crippen LogP) is 2.62. The van der Waals surface area contributed by atoms with Crippen LogP contribution in [-0.2, 0) is 17.6 Å². The monoisotopic (exact) mass is 259 g/mol. The third kappa shape index (κ3) is 3.43. The topological polar surface area (TPSA) is 37.4 Å². The van der Waals surface area contributed by atoms with Crippen LogP contribution in [-0.4, -0.2) is 30.7 Å². The van der Waals surface area contributed by atoms with Gasteiger partial charge in [0.2, 0.25) is 5.91 Å². The van der Waals surface area contributed by atoms with E-state index in [-0.39, 0.29) is 11.7 Å². The van der Waals surface area contributed by atoms with Gasteiger partial charge in [0, 0.05) is 32.5 Å². The average molecular weight is 259 g/mol. The quantitative estimate of drug-likeness (QED) is 0.779. The van der Waals surface area contributed by atoms with E-state index >= 15 is 0 Å². The molecule has 2 rings (SSSR count). The molecule has 0 spiro atoms. The molecule has 0 saturated heterocycles. The van der Waals surface area contributed by atoms with Crippen LogP contribution in [0.1, 0.15) is 47.2 Å². The van der Waals surface area contributed by atoms with Gasteiger partial charge >= 0.3 is 0 Å². The first kappa shape index (κ1) is 13.8. The number of amides is 1. The van der Waals surface area contributed by atoms with Gasteiger partial charge in [-0.25, -0.2) is 0 Å². The summed E-state index contributed by atoms with van der Waals surface area (Å²) in [4.78, 5) is 25.1. The summed E-state index contributed by atoms with van der Waals surface area (Å²) in [7, 11) is 3.43. The molecule has 1 aromatic carbocycles. The Hall–Kier alpha value is -1.64. The van der Waals surface area contributed by atoms with Crippen LogP contribution in [0.5, 0.6) is 0 Å². The number of ketones is 1. The minimum absolute atomic E-state index is 0.00584. The molecule has 1 aliphatic rings. The Kier molecular flexibility index (Phi) is 4.35. The number of carbonyl (C=O) groups excluding carboxylic acids is 2. The van der Waals surface area contributed by atoms with Crippen molar-refractivity contribution < 1.29 is 9.59 Å². The molecular weight excluding hydrogens is 238 g/mol. The maximum atomic E-state index is 12.1. The zero-order valence-corrected chi connectivity index (χ0v) is 11.7. The Bertz CT molecular complexity index is 492. The van der Waals surface area contributed by atoms with Crippen LogP contribution in [0.3, 0.4) is 0 Å². The van der Waals surface area contributed by atoms with E-state index in [0.717, 1.165) is 18.4 Å². The minimum Gasteiger partial charge on any atom is -0.349 e. The Labute approximate surface area is 114 Å². The number of aryl methyl sites for hydroxylation is 2. The maximum absolute atomic E-state index is 12.1. The highest BCUT2D eigenvalue weighted by Gasteiger charge is 2.14. The van der Waals surface area contributed by atoms with E-state index in [9.17, 15) is 9.59 Å². The molecule has 0 N–H and O–H groups in total. The molecule has 3 heteroatoms. The number of fused-ring (bicyclic) bond motifs is 1. The van der Waals surface area contributed by atoms with Gasteiger partial charge < -0.3 is 4.90 Å². The van der Waals surface area contributed by atoms with Crippen LogP contribution < -0.4 is 0 Å². The summed E-state index contributed by atoms with van der Waals surface area (Å²) < 4.78 is 0. The summed E-state index contributed by atoms with van der Waals surface area (Å²) in [6, 6.07) is 6.01. The highest BCUT2D eigenvalue weighted by atomic mass is 16.2. The fourth-order valence-corrected chi connectivity index (χ4v) is 2.50. The molecule has 0 atom stereocenters. The first-order valence-corrected chi connectivity index (χ1v) is 6.93. The van der Waals surface area contributed by atoms with E-state index in [4.69, 9.17) is 0 Å². The van der Waals surface area contributed by atoms with Crippen molar-refractivity contribution in [3.63, 3.8) is 0 Å². The van der Waals surface area contributed by atoms with E-state index in [1.165, 1.54) is 28.9 Å². The van der Waals surface area contributed by atoms with Crippen molar-refractivity contribution in [1.82, 2.24) is 4.90 Å². The molecule has 102 valence electrons. The lowest BCUT2D eigenvalue weighted by Gasteiger charge is -2.16. The number of hydrogen-bond acceptors (Lipinski definition) is 2. The number of benzene rings is 1. The Balaban J connectivity index is 2.01. The van der Waals surface area contributed by atoms with Crippen LogP contribution >= 0.6 is 0 Å². The molecule has 0 bridgehead atoms. The largest absolute Gasteiger partial charge is 0.349 e. The second kappa shape index (κ2) is 6.00. The highest BCUT2D eigenvalue weighted by molar-refractivity contribution is 5.98. The molecule has 0 aromatic heterocycles. The number of carbonyl (C=O) groups is 2. The molecule has 0 heterocycles. The van der Waals surface area contributed by atoms with Crippen LogP contribution in [0, 0.1) is 0 Å². The zero-order chi connectivity index (χ0) is 13.8. The minimum atomic E-state index is 0.00584. The summed E-state index contributed by atoms with van der Waals surface area (Å²) in [5, 5.41) is 0. The van der Waals surface area contributed by atoms with E-state index < -0.39 is 0 Å². The molecule has 0 fully saturated rings. The van der Waals surface area contributed by atoms with Gasteiger partial charge in [-0.3, -0.25) is 9.59 Å². The lowest BCUT2D eigenvalue weighted by molar-refractivity contribution is -0.128. The third-order valence-corrected chi connectivity index (χ3v) is 3.74. The second-order valence-electron chi connectivity index (χ2n) is 5.40. The van der Waals surface area contributed by atoms with E-state index in [0.29, 0.717) is 12.8 Å².